The lowest BCUT2D eigenvalue weighted by Gasteiger charge is -2.39. The second-order valence-corrected chi connectivity index (χ2v) is 4.62. The first-order valence-electron chi connectivity index (χ1n) is 6.23. The highest BCUT2D eigenvalue weighted by Crippen LogP contribution is 2.34. The Balaban J connectivity index is 2.39. The molecule has 0 aliphatic carbocycles. The lowest BCUT2D eigenvalue weighted by Crippen LogP contribution is -2.52. The van der Waals surface area contributed by atoms with Crippen LogP contribution in [0.5, 0.6) is 5.75 Å². The minimum Gasteiger partial charge on any atom is -0.496 e. The Hall–Kier alpha value is -1.57. The number of nitriles is 1. The number of hydrogen-bond donors (Lipinski definition) is 1. The number of rotatable bonds is 3. The van der Waals surface area contributed by atoms with Crippen LogP contribution in [0.1, 0.15) is 12.5 Å². The standard InChI is InChI=1S/C14H19N3O/c1-14(11-15,17-9-7-16-8-10-17)12-5-3-4-6-13(12)18-2/h3-6,16H,7-10H2,1-2H3. The molecular weight excluding hydrogens is 226 g/mol. The molecule has 1 atom stereocenters. The van der Waals surface area contributed by atoms with Crippen LogP contribution in [-0.4, -0.2) is 38.2 Å². The number of piperazine rings is 1. The number of benzene rings is 1. The molecule has 1 saturated heterocycles. The largest absolute Gasteiger partial charge is 0.496 e. The van der Waals surface area contributed by atoms with Crippen molar-refractivity contribution in [2.75, 3.05) is 33.3 Å². The van der Waals surface area contributed by atoms with Crippen LogP contribution in [0.4, 0.5) is 0 Å². The number of ether oxygens (including phenoxy) is 1. The molecule has 0 amide bonds. The van der Waals surface area contributed by atoms with E-state index in [0.29, 0.717) is 0 Å². The SMILES string of the molecule is COc1ccccc1C(C)(C#N)N1CCNCC1. The van der Waals surface area contributed by atoms with E-state index in [1.807, 2.05) is 31.2 Å². The second kappa shape index (κ2) is 5.38. The minimum absolute atomic E-state index is 0.630. The number of methoxy groups -OCH3 is 1. The van der Waals surface area contributed by atoms with Gasteiger partial charge < -0.3 is 10.1 Å². The molecule has 4 nitrogen and oxygen atoms in total. The molecule has 18 heavy (non-hydrogen) atoms. The molecule has 2 rings (SSSR count). The summed E-state index contributed by atoms with van der Waals surface area (Å²) >= 11 is 0. The molecule has 1 aromatic rings. The zero-order chi connectivity index (χ0) is 13.0. The molecule has 1 N–H and O–H groups in total. The highest BCUT2D eigenvalue weighted by Gasteiger charge is 2.36. The summed E-state index contributed by atoms with van der Waals surface area (Å²) in [6, 6.07) is 10.2. The summed E-state index contributed by atoms with van der Waals surface area (Å²) in [5.41, 5.74) is 0.311. The monoisotopic (exact) mass is 245 g/mol. The lowest BCUT2D eigenvalue weighted by molar-refractivity contribution is 0.130. The van der Waals surface area contributed by atoms with Crippen molar-refractivity contribution >= 4 is 0 Å². The quantitative estimate of drug-likeness (QED) is 0.873. The first-order valence-corrected chi connectivity index (χ1v) is 6.23. The van der Waals surface area contributed by atoms with Crippen molar-refractivity contribution in [2.24, 2.45) is 0 Å². The molecule has 0 radical (unpaired) electrons. The summed E-state index contributed by atoms with van der Waals surface area (Å²) in [6.07, 6.45) is 0. The van der Waals surface area contributed by atoms with Gasteiger partial charge in [0.05, 0.1) is 13.2 Å². The van der Waals surface area contributed by atoms with E-state index in [0.717, 1.165) is 37.5 Å². The second-order valence-electron chi connectivity index (χ2n) is 4.62. The molecule has 0 bridgehead atoms. The molecule has 1 aliphatic rings. The van der Waals surface area contributed by atoms with Crippen LogP contribution in [0.2, 0.25) is 0 Å². The Morgan fingerprint density at radius 2 is 2.00 bits per heavy atom. The van der Waals surface area contributed by atoms with Crippen LogP contribution >= 0.6 is 0 Å². The average molecular weight is 245 g/mol. The maximum Gasteiger partial charge on any atom is 0.135 e. The Labute approximate surface area is 108 Å². The maximum absolute atomic E-state index is 9.64. The first kappa shape index (κ1) is 12.9. The highest BCUT2D eigenvalue weighted by atomic mass is 16.5. The zero-order valence-electron chi connectivity index (χ0n) is 10.9. The molecule has 1 aliphatic heterocycles. The smallest absolute Gasteiger partial charge is 0.135 e. The van der Waals surface area contributed by atoms with Crippen LogP contribution in [0.15, 0.2) is 24.3 Å². The van der Waals surface area contributed by atoms with Crippen molar-refractivity contribution in [3.63, 3.8) is 0 Å². The van der Waals surface area contributed by atoms with Crippen molar-refractivity contribution < 1.29 is 4.74 Å². The third-order valence-corrected chi connectivity index (χ3v) is 3.60. The molecule has 1 heterocycles. The first-order chi connectivity index (χ1) is 8.72. The highest BCUT2D eigenvalue weighted by molar-refractivity contribution is 5.42. The Bertz CT molecular complexity index is 449. The zero-order valence-corrected chi connectivity index (χ0v) is 10.9. The minimum atomic E-state index is -0.630. The van der Waals surface area contributed by atoms with Gasteiger partial charge in [0.15, 0.2) is 0 Å². The van der Waals surface area contributed by atoms with Gasteiger partial charge in [0.25, 0.3) is 0 Å². The summed E-state index contributed by atoms with van der Waals surface area (Å²) < 4.78 is 5.39. The maximum atomic E-state index is 9.64. The molecule has 4 heteroatoms. The van der Waals surface area contributed by atoms with E-state index in [1.54, 1.807) is 7.11 Å². The van der Waals surface area contributed by atoms with E-state index < -0.39 is 5.54 Å². The van der Waals surface area contributed by atoms with Gasteiger partial charge in [-0.1, -0.05) is 18.2 Å². The van der Waals surface area contributed by atoms with Crippen LogP contribution in [0.25, 0.3) is 0 Å². The average Bonchev–Trinajstić information content (AvgIpc) is 2.47. The third kappa shape index (κ3) is 2.20. The molecule has 1 aromatic carbocycles. The van der Waals surface area contributed by atoms with Gasteiger partial charge in [-0.2, -0.15) is 5.26 Å². The summed E-state index contributed by atoms with van der Waals surface area (Å²) in [7, 11) is 1.65. The van der Waals surface area contributed by atoms with Crippen molar-refractivity contribution in [3.05, 3.63) is 29.8 Å². The number of nitrogens with one attached hydrogen (secondary N) is 1. The van der Waals surface area contributed by atoms with E-state index >= 15 is 0 Å². The van der Waals surface area contributed by atoms with Gasteiger partial charge in [0.2, 0.25) is 0 Å². The van der Waals surface area contributed by atoms with Crippen molar-refractivity contribution in [2.45, 2.75) is 12.5 Å². The number of hydrogen-bond acceptors (Lipinski definition) is 4. The third-order valence-electron chi connectivity index (χ3n) is 3.60. The van der Waals surface area contributed by atoms with Gasteiger partial charge in [-0.3, -0.25) is 4.90 Å². The van der Waals surface area contributed by atoms with E-state index in [4.69, 9.17) is 4.74 Å². The summed E-state index contributed by atoms with van der Waals surface area (Å²) in [4.78, 5) is 2.21. The van der Waals surface area contributed by atoms with Crippen molar-refractivity contribution in [1.82, 2.24) is 10.2 Å². The van der Waals surface area contributed by atoms with Gasteiger partial charge in [0.1, 0.15) is 11.3 Å². The molecule has 1 unspecified atom stereocenters. The molecule has 0 spiro atoms. The van der Waals surface area contributed by atoms with Gasteiger partial charge in [-0.15, -0.1) is 0 Å². The van der Waals surface area contributed by atoms with E-state index in [9.17, 15) is 5.26 Å². The fraction of sp³-hybridized carbons (Fsp3) is 0.500. The van der Waals surface area contributed by atoms with E-state index in [1.165, 1.54) is 0 Å². The normalized spacial score (nSPS) is 19.8. The van der Waals surface area contributed by atoms with Crippen LogP contribution in [-0.2, 0) is 5.54 Å². The summed E-state index contributed by atoms with van der Waals surface area (Å²) in [6.45, 7) is 5.57. The molecular formula is C14H19N3O. The topological polar surface area (TPSA) is 48.3 Å². The Morgan fingerprint density at radius 3 is 2.61 bits per heavy atom. The Morgan fingerprint density at radius 1 is 1.33 bits per heavy atom. The van der Waals surface area contributed by atoms with Crippen molar-refractivity contribution in [1.29, 1.82) is 5.26 Å². The predicted octanol–water partition coefficient (Wildman–Crippen LogP) is 1.34. The summed E-state index contributed by atoms with van der Waals surface area (Å²) in [5.74, 6) is 0.778. The van der Waals surface area contributed by atoms with Gasteiger partial charge in [-0.25, -0.2) is 0 Å². The number of nitrogens with zero attached hydrogens (tertiary/aromatic N) is 2. The van der Waals surface area contributed by atoms with E-state index in [2.05, 4.69) is 16.3 Å². The number of para-hydroxylation sites is 1. The molecule has 0 saturated carbocycles. The Kier molecular flexibility index (Phi) is 3.85. The van der Waals surface area contributed by atoms with Gasteiger partial charge in [-0.05, 0) is 13.0 Å². The van der Waals surface area contributed by atoms with Crippen molar-refractivity contribution in [3.8, 4) is 11.8 Å². The molecule has 1 fully saturated rings. The molecule has 96 valence electrons. The van der Waals surface area contributed by atoms with Gasteiger partial charge >= 0.3 is 0 Å². The fourth-order valence-electron chi connectivity index (χ4n) is 2.46. The predicted molar refractivity (Wildman–Crippen MR) is 70.4 cm³/mol. The van der Waals surface area contributed by atoms with E-state index in [-0.39, 0.29) is 0 Å². The summed E-state index contributed by atoms with van der Waals surface area (Å²) in [5, 5.41) is 13.0. The van der Waals surface area contributed by atoms with Crippen LogP contribution in [0.3, 0.4) is 0 Å². The lowest BCUT2D eigenvalue weighted by atomic mass is 9.90. The van der Waals surface area contributed by atoms with Crippen LogP contribution < -0.4 is 10.1 Å². The fourth-order valence-corrected chi connectivity index (χ4v) is 2.46. The van der Waals surface area contributed by atoms with Gasteiger partial charge in [0, 0.05) is 31.7 Å². The van der Waals surface area contributed by atoms with Crippen LogP contribution in [0, 0.1) is 11.3 Å². The molecule has 0 aromatic heterocycles.